The summed E-state index contributed by atoms with van der Waals surface area (Å²) in [6.07, 6.45) is 5.47. The highest BCUT2D eigenvalue weighted by Gasteiger charge is 2.19. The Labute approximate surface area is 196 Å². The van der Waals surface area contributed by atoms with Gasteiger partial charge < -0.3 is 14.4 Å². The number of rotatable bonds is 5. The van der Waals surface area contributed by atoms with Crippen molar-refractivity contribution >= 4 is 11.5 Å². The van der Waals surface area contributed by atoms with Gasteiger partial charge >= 0.3 is 0 Å². The highest BCUT2D eigenvalue weighted by Crippen LogP contribution is 2.27. The molecule has 4 aromatic heterocycles. The standard InChI is InChI=1S/C25H23N7O2/c1-33-20-4-2-3-19(15-20)21-7-10-31(28-21)23-17-25(30-11-13-34-14-12-30)32-24(27-23)16-22(29-32)18-5-8-26-9-6-18/h2-10,15-17H,11-14H2,1H3. The summed E-state index contributed by atoms with van der Waals surface area (Å²) in [4.78, 5) is 11.3. The molecule has 0 spiro atoms. The maximum atomic E-state index is 5.57. The molecule has 5 aromatic rings. The summed E-state index contributed by atoms with van der Waals surface area (Å²) < 4.78 is 14.6. The molecule has 0 aliphatic carbocycles. The maximum Gasteiger partial charge on any atom is 0.160 e. The van der Waals surface area contributed by atoms with Crippen LogP contribution in [0.5, 0.6) is 5.75 Å². The van der Waals surface area contributed by atoms with Gasteiger partial charge in [0.25, 0.3) is 0 Å². The predicted molar refractivity (Wildman–Crippen MR) is 128 cm³/mol. The van der Waals surface area contributed by atoms with Crippen molar-refractivity contribution in [3.63, 3.8) is 0 Å². The van der Waals surface area contributed by atoms with Crippen molar-refractivity contribution in [2.24, 2.45) is 0 Å². The van der Waals surface area contributed by atoms with Crippen molar-refractivity contribution in [3.8, 4) is 34.1 Å². The summed E-state index contributed by atoms with van der Waals surface area (Å²) in [5, 5.41) is 9.67. The topological polar surface area (TPSA) is 82.6 Å². The van der Waals surface area contributed by atoms with Crippen LogP contribution in [0.25, 0.3) is 34.0 Å². The Morgan fingerprint density at radius 1 is 0.882 bits per heavy atom. The first kappa shape index (κ1) is 20.4. The number of morpholine rings is 1. The first-order valence-corrected chi connectivity index (χ1v) is 11.1. The molecule has 0 N–H and O–H groups in total. The van der Waals surface area contributed by atoms with Crippen LogP contribution in [0.2, 0.25) is 0 Å². The van der Waals surface area contributed by atoms with E-state index in [0.717, 1.165) is 58.6 Å². The van der Waals surface area contributed by atoms with E-state index in [1.54, 1.807) is 24.2 Å². The second-order valence-electron chi connectivity index (χ2n) is 7.98. The van der Waals surface area contributed by atoms with Crippen molar-refractivity contribution in [2.45, 2.75) is 0 Å². The molecule has 0 saturated carbocycles. The minimum absolute atomic E-state index is 0.680. The van der Waals surface area contributed by atoms with Gasteiger partial charge in [-0.25, -0.2) is 9.67 Å². The van der Waals surface area contributed by atoms with E-state index in [9.17, 15) is 0 Å². The number of pyridine rings is 1. The lowest BCUT2D eigenvalue weighted by molar-refractivity contribution is 0.122. The van der Waals surface area contributed by atoms with E-state index in [4.69, 9.17) is 24.7 Å². The molecule has 9 heteroatoms. The fourth-order valence-corrected chi connectivity index (χ4v) is 4.13. The summed E-state index contributed by atoms with van der Waals surface area (Å²) in [6, 6.07) is 17.8. The number of ether oxygens (including phenoxy) is 2. The van der Waals surface area contributed by atoms with Gasteiger partial charge in [-0.3, -0.25) is 4.98 Å². The zero-order valence-corrected chi connectivity index (χ0v) is 18.7. The number of benzene rings is 1. The van der Waals surface area contributed by atoms with Gasteiger partial charge in [-0.15, -0.1) is 0 Å². The third kappa shape index (κ3) is 3.75. The maximum absolute atomic E-state index is 5.57. The lowest BCUT2D eigenvalue weighted by Crippen LogP contribution is -2.37. The molecule has 1 aromatic carbocycles. The Bertz CT molecular complexity index is 1440. The van der Waals surface area contributed by atoms with Crippen LogP contribution in [-0.2, 0) is 4.74 Å². The minimum Gasteiger partial charge on any atom is -0.497 e. The molecule has 6 rings (SSSR count). The Hall–Kier alpha value is -4.24. The van der Waals surface area contributed by atoms with E-state index in [-0.39, 0.29) is 0 Å². The summed E-state index contributed by atoms with van der Waals surface area (Å²) in [7, 11) is 1.66. The molecule has 0 radical (unpaired) electrons. The monoisotopic (exact) mass is 453 g/mol. The first-order valence-electron chi connectivity index (χ1n) is 11.1. The second-order valence-corrected chi connectivity index (χ2v) is 7.98. The molecule has 0 amide bonds. The summed E-state index contributed by atoms with van der Waals surface area (Å²) >= 11 is 0. The third-order valence-electron chi connectivity index (χ3n) is 5.90. The van der Waals surface area contributed by atoms with Crippen molar-refractivity contribution in [1.29, 1.82) is 0 Å². The second kappa shape index (κ2) is 8.60. The number of aromatic nitrogens is 6. The quantitative estimate of drug-likeness (QED) is 0.403. The van der Waals surface area contributed by atoms with Crippen molar-refractivity contribution in [2.75, 3.05) is 38.3 Å². The van der Waals surface area contributed by atoms with Crippen LogP contribution >= 0.6 is 0 Å². The van der Waals surface area contributed by atoms with Gasteiger partial charge in [0.2, 0.25) is 0 Å². The summed E-state index contributed by atoms with van der Waals surface area (Å²) in [5.74, 6) is 2.48. The molecule has 1 saturated heterocycles. The molecule has 5 heterocycles. The zero-order chi connectivity index (χ0) is 22.9. The van der Waals surface area contributed by atoms with Crippen molar-refractivity contribution in [1.82, 2.24) is 29.4 Å². The van der Waals surface area contributed by atoms with Crippen LogP contribution in [0.1, 0.15) is 0 Å². The van der Waals surface area contributed by atoms with Gasteiger partial charge in [0.05, 0.1) is 31.7 Å². The molecule has 1 aliphatic heterocycles. The van der Waals surface area contributed by atoms with Crippen molar-refractivity contribution < 1.29 is 9.47 Å². The molecule has 1 aliphatic rings. The van der Waals surface area contributed by atoms with Crippen LogP contribution in [0.4, 0.5) is 5.82 Å². The number of anilines is 1. The van der Waals surface area contributed by atoms with Gasteiger partial charge in [-0.05, 0) is 30.3 Å². The third-order valence-corrected chi connectivity index (χ3v) is 5.90. The Balaban J connectivity index is 1.45. The SMILES string of the molecule is COc1cccc(-c2ccn(-c3cc(N4CCOCC4)n4nc(-c5ccncc5)cc4n3)n2)c1. The van der Waals surface area contributed by atoms with E-state index >= 15 is 0 Å². The molecular weight excluding hydrogens is 430 g/mol. The van der Waals surface area contributed by atoms with Gasteiger partial charge in [0.1, 0.15) is 11.6 Å². The molecule has 0 bridgehead atoms. The highest BCUT2D eigenvalue weighted by molar-refractivity contribution is 5.67. The molecule has 0 unspecified atom stereocenters. The number of methoxy groups -OCH3 is 1. The van der Waals surface area contributed by atoms with Crippen LogP contribution in [0, 0.1) is 0 Å². The van der Waals surface area contributed by atoms with Gasteiger partial charge in [-0.1, -0.05) is 12.1 Å². The molecule has 1 fully saturated rings. The number of hydrogen-bond acceptors (Lipinski definition) is 7. The summed E-state index contributed by atoms with van der Waals surface area (Å²) in [5.41, 5.74) is 4.43. The largest absolute Gasteiger partial charge is 0.497 e. The fraction of sp³-hybridized carbons (Fsp3) is 0.200. The highest BCUT2D eigenvalue weighted by atomic mass is 16.5. The smallest absolute Gasteiger partial charge is 0.160 e. The molecule has 170 valence electrons. The Morgan fingerprint density at radius 3 is 2.56 bits per heavy atom. The molecule has 0 atom stereocenters. The minimum atomic E-state index is 0.680. The number of nitrogens with zero attached hydrogens (tertiary/aromatic N) is 7. The van der Waals surface area contributed by atoms with Gasteiger partial charge in [-0.2, -0.15) is 14.7 Å². The molecular formula is C25H23N7O2. The molecule has 9 nitrogen and oxygen atoms in total. The average molecular weight is 454 g/mol. The first-order chi connectivity index (χ1) is 16.8. The summed E-state index contributed by atoms with van der Waals surface area (Å²) in [6.45, 7) is 2.94. The predicted octanol–water partition coefficient (Wildman–Crippen LogP) is 3.49. The van der Waals surface area contributed by atoms with Crippen LogP contribution in [0.3, 0.4) is 0 Å². The number of fused-ring (bicyclic) bond motifs is 1. The molecule has 34 heavy (non-hydrogen) atoms. The lowest BCUT2D eigenvalue weighted by Gasteiger charge is -2.29. The van der Waals surface area contributed by atoms with E-state index in [0.29, 0.717) is 13.2 Å². The van der Waals surface area contributed by atoms with Gasteiger partial charge in [0.15, 0.2) is 11.5 Å². The zero-order valence-electron chi connectivity index (χ0n) is 18.7. The van der Waals surface area contributed by atoms with E-state index in [2.05, 4.69) is 9.88 Å². The Kier molecular flexibility index (Phi) is 5.15. The fourth-order valence-electron chi connectivity index (χ4n) is 4.13. The van der Waals surface area contributed by atoms with E-state index in [1.807, 2.05) is 65.3 Å². The normalized spacial score (nSPS) is 14.0. The average Bonchev–Trinajstić information content (AvgIpc) is 3.57. The number of hydrogen-bond donors (Lipinski definition) is 0. The van der Waals surface area contributed by atoms with E-state index in [1.165, 1.54) is 0 Å². The Morgan fingerprint density at radius 2 is 1.74 bits per heavy atom. The lowest BCUT2D eigenvalue weighted by atomic mass is 10.1. The van der Waals surface area contributed by atoms with E-state index < -0.39 is 0 Å². The van der Waals surface area contributed by atoms with Crippen LogP contribution in [0.15, 0.2) is 73.2 Å². The van der Waals surface area contributed by atoms with Crippen LogP contribution < -0.4 is 9.64 Å². The van der Waals surface area contributed by atoms with Gasteiger partial charge in [0, 0.05) is 54.9 Å². The van der Waals surface area contributed by atoms with Crippen LogP contribution in [-0.4, -0.2) is 62.8 Å². The van der Waals surface area contributed by atoms with Crippen molar-refractivity contribution in [3.05, 3.63) is 73.2 Å².